The first-order valence-corrected chi connectivity index (χ1v) is 6.08. The lowest BCUT2D eigenvalue weighted by Crippen LogP contribution is -2.62. The molecule has 3 N–H and O–H groups in total. The lowest BCUT2D eigenvalue weighted by Gasteiger charge is -2.52. The average Bonchev–Trinajstić information content (AvgIpc) is 2.58. The van der Waals surface area contributed by atoms with E-state index in [1.54, 1.807) is 0 Å². The highest BCUT2D eigenvalue weighted by atomic mass is 16.5. The molecule has 0 saturated heterocycles. The van der Waals surface area contributed by atoms with Gasteiger partial charge >= 0.3 is 0 Å². The summed E-state index contributed by atoms with van der Waals surface area (Å²) in [7, 11) is 1.81. The number of hydrogen-bond donors (Lipinski definition) is 2. The van der Waals surface area contributed by atoms with Gasteiger partial charge in [0.2, 0.25) is 0 Å². The van der Waals surface area contributed by atoms with E-state index in [-0.39, 0.29) is 5.41 Å². The van der Waals surface area contributed by atoms with Crippen molar-refractivity contribution in [3.05, 3.63) is 0 Å². The molecule has 0 spiro atoms. The van der Waals surface area contributed by atoms with Gasteiger partial charge in [0.05, 0.1) is 6.10 Å². The molecular weight excluding hydrogens is 188 g/mol. The SMILES string of the molecule is COC1CC(NC2CCC(N)C2)C1(C)C. The fourth-order valence-corrected chi connectivity index (χ4v) is 3.02. The molecule has 0 amide bonds. The third-order valence-corrected chi connectivity index (χ3v) is 4.37. The van der Waals surface area contributed by atoms with Gasteiger partial charge in [0.25, 0.3) is 0 Å². The Morgan fingerprint density at radius 3 is 2.47 bits per heavy atom. The minimum absolute atomic E-state index is 0.279. The molecule has 88 valence electrons. The molecule has 3 nitrogen and oxygen atoms in total. The van der Waals surface area contributed by atoms with Crippen LogP contribution in [0.4, 0.5) is 0 Å². The van der Waals surface area contributed by atoms with Crippen molar-refractivity contribution >= 4 is 0 Å². The zero-order chi connectivity index (χ0) is 11.1. The van der Waals surface area contributed by atoms with Crippen LogP contribution >= 0.6 is 0 Å². The zero-order valence-electron chi connectivity index (χ0n) is 10.1. The second kappa shape index (κ2) is 4.04. The van der Waals surface area contributed by atoms with Crippen LogP contribution in [0, 0.1) is 5.41 Å². The summed E-state index contributed by atoms with van der Waals surface area (Å²) in [5.74, 6) is 0. The molecule has 2 fully saturated rings. The van der Waals surface area contributed by atoms with Crippen LogP contribution in [-0.2, 0) is 4.74 Å². The van der Waals surface area contributed by atoms with Crippen LogP contribution in [0.3, 0.4) is 0 Å². The summed E-state index contributed by atoms with van der Waals surface area (Å²) in [5.41, 5.74) is 6.20. The van der Waals surface area contributed by atoms with Crippen molar-refractivity contribution in [1.29, 1.82) is 0 Å². The van der Waals surface area contributed by atoms with Gasteiger partial charge in [-0.2, -0.15) is 0 Å². The minimum Gasteiger partial charge on any atom is -0.381 e. The van der Waals surface area contributed by atoms with Crippen molar-refractivity contribution in [2.24, 2.45) is 11.1 Å². The molecule has 15 heavy (non-hydrogen) atoms. The minimum atomic E-state index is 0.279. The number of nitrogens with one attached hydrogen (secondary N) is 1. The van der Waals surface area contributed by atoms with Gasteiger partial charge in [0.1, 0.15) is 0 Å². The number of ether oxygens (including phenoxy) is 1. The van der Waals surface area contributed by atoms with E-state index in [0.29, 0.717) is 24.2 Å². The van der Waals surface area contributed by atoms with Gasteiger partial charge < -0.3 is 15.8 Å². The van der Waals surface area contributed by atoms with Crippen LogP contribution in [0.2, 0.25) is 0 Å². The third kappa shape index (κ3) is 2.05. The first kappa shape index (κ1) is 11.4. The lowest BCUT2D eigenvalue weighted by molar-refractivity contribution is -0.100. The summed E-state index contributed by atoms with van der Waals surface area (Å²) >= 11 is 0. The quantitative estimate of drug-likeness (QED) is 0.740. The van der Waals surface area contributed by atoms with E-state index in [2.05, 4.69) is 19.2 Å². The van der Waals surface area contributed by atoms with Crippen molar-refractivity contribution in [2.45, 2.75) is 63.8 Å². The Balaban J connectivity index is 1.82. The van der Waals surface area contributed by atoms with E-state index in [1.165, 1.54) is 12.8 Å². The molecule has 2 aliphatic carbocycles. The third-order valence-electron chi connectivity index (χ3n) is 4.37. The Kier molecular flexibility index (Phi) is 3.06. The van der Waals surface area contributed by atoms with Crippen molar-refractivity contribution in [1.82, 2.24) is 5.32 Å². The summed E-state index contributed by atoms with van der Waals surface area (Å²) in [6, 6.07) is 1.67. The van der Waals surface area contributed by atoms with Crippen molar-refractivity contribution in [3.63, 3.8) is 0 Å². The topological polar surface area (TPSA) is 47.3 Å². The number of hydrogen-bond acceptors (Lipinski definition) is 3. The van der Waals surface area contributed by atoms with Gasteiger partial charge in [-0.3, -0.25) is 0 Å². The summed E-state index contributed by atoms with van der Waals surface area (Å²) < 4.78 is 5.45. The Labute approximate surface area is 92.7 Å². The maximum absolute atomic E-state index is 5.92. The second-order valence-electron chi connectivity index (χ2n) is 5.77. The average molecular weight is 212 g/mol. The van der Waals surface area contributed by atoms with Gasteiger partial charge in [-0.15, -0.1) is 0 Å². The fourth-order valence-electron chi connectivity index (χ4n) is 3.02. The molecule has 0 bridgehead atoms. The number of nitrogens with two attached hydrogens (primary N) is 1. The van der Waals surface area contributed by atoms with Gasteiger partial charge in [0.15, 0.2) is 0 Å². The largest absolute Gasteiger partial charge is 0.381 e. The zero-order valence-corrected chi connectivity index (χ0v) is 10.1. The first-order chi connectivity index (χ1) is 7.04. The summed E-state index contributed by atoms with van der Waals surface area (Å²) in [6.07, 6.45) is 5.13. The Morgan fingerprint density at radius 2 is 2.00 bits per heavy atom. The summed E-state index contributed by atoms with van der Waals surface area (Å²) in [6.45, 7) is 4.58. The van der Waals surface area contributed by atoms with E-state index < -0.39 is 0 Å². The van der Waals surface area contributed by atoms with Crippen LogP contribution in [0.1, 0.15) is 39.5 Å². The molecule has 2 saturated carbocycles. The summed E-state index contributed by atoms with van der Waals surface area (Å²) in [4.78, 5) is 0. The standard InChI is InChI=1S/C12H24N2O/c1-12(2)10(7-11(12)15-3)14-9-5-4-8(13)6-9/h8-11,14H,4-7,13H2,1-3H3. The van der Waals surface area contributed by atoms with Crippen molar-refractivity contribution in [3.8, 4) is 0 Å². The highest BCUT2D eigenvalue weighted by Crippen LogP contribution is 2.43. The molecule has 0 aromatic heterocycles. The molecule has 0 heterocycles. The molecule has 0 aromatic rings. The fraction of sp³-hybridized carbons (Fsp3) is 1.00. The maximum Gasteiger partial charge on any atom is 0.0652 e. The normalized spacial score (nSPS) is 44.0. The predicted octanol–water partition coefficient (Wildman–Crippen LogP) is 1.27. The molecule has 2 aliphatic rings. The molecule has 4 unspecified atom stereocenters. The van der Waals surface area contributed by atoms with E-state index in [9.17, 15) is 0 Å². The number of methoxy groups -OCH3 is 1. The van der Waals surface area contributed by atoms with Gasteiger partial charge in [-0.25, -0.2) is 0 Å². The van der Waals surface area contributed by atoms with Gasteiger partial charge in [-0.05, 0) is 25.7 Å². The molecular formula is C12H24N2O. The van der Waals surface area contributed by atoms with Crippen LogP contribution in [-0.4, -0.2) is 31.3 Å². The molecule has 0 aromatic carbocycles. The predicted molar refractivity (Wildman–Crippen MR) is 61.7 cm³/mol. The van der Waals surface area contributed by atoms with E-state index in [4.69, 9.17) is 10.5 Å². The van der Waals surface area contributed by atoms with Gasteiger partial charge in [-0.1, -0.05) is 13.8 Å². The van der Waals surface area contributed by atoms with Gasteiger partial charge in [0, 0.05) is 30.7 Å². The Morgan fingerprint density at radius 1 is 1.27 bits per heavy atom. The molecule has 0 aliphatic heterocycles. The van der Waals surface area contributed by atoms with Crippen LogP contribution in [0.5, 0.6) is 0 Å². The monoisotopic (exact) mass is 212 g/mol. The van der Waals surface area contributed by atoms with Crippen molar-refractivity contribution < 1.29 is 4.74 Å². The van der Waals surface area contributed by atoms with Crippen LogP contribution < -0.4 is 11.1 Å². The molecule has 3 heteroatoms. The molecule has 4 atom stereocenters. The number of rotatable bonds is 3. The van der Waals surface area contributed by atoms with E-state index in [1.807, 2.05) is 7.11 Å². The van der Waals surface area contributed by atoms with Crippen LogP contribution in [0.25, 0.3) is 0 Å². The highest BCUT2D eigenvalue weighted by molar-refractivity contribution is 5.04. The summed E-state index contributed by atoms with van der Waals surface area (Å²) in [5, 5.41) is 3.74. The van der Waals surface area contributed by atoms with E-state index in [0.717, 1.165) is 12.8 Å². The smallest absolute Gasteiger partial charge is 0.0652 e. The molecule has 0 radical (unpaired) electrons. The first-order valence-electron chi connectivity index (χ1n) is 6.08. The molecule has 2 rings (SSSR count). The van der Waals surface area contributed by atoms with E-state index >= 15 is 0 Å². The lowest BCUT2D eigenvalue weighted by atomic mass is 9.64. The second-order valence-corrected chi connectivity index (χ2v) is 5.77. The Bertz CT molecular complexity index is 230. The van der Waals surface area contributed by atoms with Crippen LogP contribution in [0.15, 0.2) is 0 Å². The maximum atomic E-state index is 5.92. The highest BCUT2D eigenvalue weighted by Gasteiger charge is 2.49. The Hall–Kier alpha value is -0.120. The van der Waals surface area contributed by atoms with Crippen molar-refractivity contribution in [2.75, 3.05) is 7.11 Å².